The quantitative estimate of drug-likeness (QED) is 0.619. The van der Waals surface area contributed by atoms with E-state index in [1.165, 1.54) is 12.0 Å². The summed E-state index contributed by atoms with van der Waals surface area (Å²) in [6, 6.07) is 4.82. The zero-order valence-corrected chi connectivity index (χ0v) is 18.1. The van der Waals surface area contributed by atoms with Crippen molar-refractivity contribution in [3.63, 3.8) is 0 Å². The van der Waals surface area contributed by atoms with E-state index >= 15 is 0 Å². The van der Waals surface area contributed by atoms with Gasteiger partial charge in [0.25, 0.3) is 5.91 Å². The molecule has 0 saturated heterocycles. The summed E-state index contributed by atoms with van der Waals surface area (Å²) in [6.07, 6.45) is 3.45. The minimum Gasteiger partial charge on any atom is -0.493 e. The van der Waals surface area contributed by atoms with Crippen LogP contribution in [0.3, 0.4) is 0 Å². The number of hydrogen-bond acceptors (Lipinski definition) is 6. The smallest absolute Gasteiger partial charge is 0.259 e. The predicted octanol–water partition coefficient (Wildman–Crippen LogP) is 0.894. The van der Waals surface area contributed by atoms with Crippen molar-refractivity contribution in [1.29, 1.82) is 0 Å². The number of aromatic nitrogens is 2. The standard InChI is InChI=1S/C19H27N5O4.ClH/c1-20-18(14-10-22-24(4)11-14)19(26)21-9-13-6-7-15(16(8-13)27-5)28-12-17(25)23(2)3;/h6-8,10-11,18,20H,9,12H2,1-5H3,(H,21,26);1H. The molecule has 1 atom stereocenters. The Hall–Kier alpha value is -2.78. The summed E-state index contributed by atoms with van der Waals surface area (Å²) >= 11 is 0. The zero-order chi connectivity index (χ0) is 20.7. The van der Waals surface area contributed by atoms with Crippen LogP contribution in [-0.4, -0.2) is 61.4 Å². The summed E-state index contributed by atoms with van der Waals surface area (Å²) in [4.78, 5) is 25.6. The van der Waals surface area contributed by atoms with Crippen LogP contribution in [-0.2, 0) is 23.2 Å². The van der Waals surface area contributed by atoms with Gasteiger partial charge in [0.1, 0.15) is 6.04 Å². The number of halogens is 1. The number of rotatable bonds is 9. The molecule has 0 radical (unpaired) electrons. The first-order valence-corrected chi connectivity index (χ1v) is 8.79. The SMILES string of the molecule is CNC(C(=O)NCc1ccc(OCC(=O)N(C)C)c(OC)c1)c1cnn(C)c1.Cl. The third-order valence-electron chi connectivity index (χ3n) is 4.15. The Bertz CT molecular complexity index is 825. The first-order valence-electron chi connectivity index (χ1n) is 8.79. The number of carbonyl (C=O) groups excluding carboxylic acids is 2. The van der Waals surface area contributed by atoms with E-state index in [0.29, 0.717) is 18.0 Å². The Morgan fingerprint density at radius 2 is 2.00 bits per heavy atom. The Balaban J connectivity index is 0.00000420. The largest absolute Gasteiger partial charge is 0.493 e. The average molecular weight is 426 g/mol. The van der Waals surface area contributed by atoms with Gasteiger partial charge < -0.3 is 25.0 Å². The lowest BCUT2D eigenvalue weighted by Crippen LogP contribution is -2.35. The number of nitrogens with one attached hydrogen (secondary N) is 2. The molecular formula is C19H28ClN5O4. The highest BCUT2D eigenvalue weighted by Gasteiger charge is 2.20. The summed E-state index contributed by atoms with van der Waals surface area (Å²) in [5.74, 6) is 0.658. The third-order valence-corrected chi connectivity index (χ3v) is 4.15. The maximum absolute atomic E-state index is 12.5. The summed E-state index contributed by atoms with van der Waals surface area (Å²) < 4.78 is 12.5. The second kappa shape index (κ2) is 11.3. The molecule has 0 aliphatic rings. The first kappa shape index (κ1) is 24.3. The predicted molar refractivity (Wildman–Crippen MR) is 111 cm³/mol. The van der Waals surface area contributed by atoms with Crippen LogP contribution in [0.25, 0.3) is 0 Å². The molecular weight excluding hydrogens is 398 g/mol. The molecule has 10 heteroatoms. The van der Waals surface area contributed by atoms with E-state index in [0.717, 1.165) is 11.1 Å². The highest BCUT2D eigenvalue weighted by Crippen LogP contribution is 2.28. The summed E-state index contributed by atoms with van der Waals surface area (Å²) in [5.41, 5.74) is 1.63. The number of ether oxygens (including phenoxy) is 2. The molecule has 2 N–H and O–H groups in total. The molecule has 0 aliphatic heterocycles. The van der Waals surface area contributed by atoms with Crippen molar-refractivity contribution in [3.05, 3.63) is 41.7 Å². The average Bonchev–Trinajstić information content (AvgIpc) is 3.10. The van der Waals surface area contributed by atoms with E-state index in [9.17, 15) is 9.59 Å². The van der Waals surface area contributed by atoms with E-state index in [4.69, 9.17) is 9.47 Å². The van der Waals surface area contributed by atoms with Crippen LogP contribution in [0, 0.1) is 0 Å². The van der Waals surface area contributed by atoms with Crippen LogP contribution < -0.4 is 20.1 Å². The van der Waals surface area contributed by atoms with Gasteiger partial charge in [0.05, 0.1) is 13.3 Å². The van der Waals surface area contributed by atoms with Crippen LogP contribution in [0.5, 0.6) is 11.5 Å². The van der Waals surface area contributed by atoms with Gasteiger partial charge in [-0.3, -0.25) is 14.3 Å². The summed E-state index contributed by atoms with van der Waals surface area (Å²) in [6.45, 7) is 0.249. The topological polar surface area (TPSA) is 97.7 Å². The van der Waals surface area contributed by atoms with E-state index in [-0.39, 0.29) is 30.8 Å². The molecule has 0 spiro atoms. The normalized spacial score (nSPS) is 11.2. The van der Waals surface area contributed by atoms with E-state index in [1.807, 2.05) is 6.07 Å². The molecule has 29 heavy (non-hydrogen) atoms. The van der Waals surface area contributed by atoms with Crippen molar-refractivity contribution in [2.24, 2.45) is 7.05 Å². The molecule has 2 aromatic rings. The van der Waals surface area contributed by atoms with Gasteiger partial charge in [-0.05, 0) is 24.7 Å². The number of methoxy groups -OCH3 is 1. The minimum absolute atomic E-state index is 0. The number of carbonyl (C=O) groups is 2. The number of aryl methyl sites for hydroxylation is 1. The number of hydrogen-bond donors (Lipinski definition) is 2. The molecule has 0 saturated carbocycles. The van der Waals surface area contributed by atoms with Gasteiger partial charge in [-0.25, -0.2) is 0 Å². The van der Waals surface area contributed by atoms with Gasteiger partial charge in [0, 0.05) is 39.4 Å². The van der Waals surface area contributed by atoms with Crippen LogP contribution in [0.15, 0.2) is 30.6 Å². The molecule has 1 unspecified atom stereocenters. The summed E-state index contributed by atoms with van der Waals surface area (Å²) in [5, 5.41) is 9.99. The maximum Gasteiger partial charge on any atom is 0.259 e. The molecule has 1 heterocycles. The van der Waals surface area contributed by atoms with Crippen molar-refractivity contribution in [2.45, 2.75) is 12.6 Å². The lowest BCUT2D eigenvalue weighted by molar-refractivity contribution is -0.130. The van der Waals surface area contributed by atoms with Crippen LogP contribution in [0.1, 0.15) is 17.2 Å². The van der Waals surface area contributed by atoms with Crippen LogP contribution >= 0.6 is 12.4 Å². The van der Waals surface area contributed by atoms with Crippen molar-refractivity contribution in [1.82, 2.24) is 25.3 Å². The number of likely N-dealkylation sites (N-methyl/N-ethyl adjacent to an activating group) is 2. The summed E-state index contributed by atoms with van der Waals surface area (Å²) in [7, 11) is 8.38. The number of benzene rings is 1. The molecule has 0 bridgehead atoms. The molecule has 2 rings (SSSR count). The van der Waals surface area contributed by atoms with Gasteiger partial charge in [-0.1, -0.05) is 6.07 Å². The van der Waals surface area contributed by atoms with E-state index in [1.54, 1.807) is 57.4 Å². The monoisotopic (exact) mass is 425 g/mol. The van der Waals surface area contributed by atoms with E-state index < -0.39 is 6.04 Å². The first-order chi connectivity index (χ1) is 13.3. The Morgan fingerprint density at radius 1 is 1.28 bits per heavy atom. The highest BCUT2D eigenvalue weighted by molar-refractivity contribution is 5.85. The Morgan fingerprint density at radius 3 is 2.55 bits per heavy atom. The molecule has 1 aromatic carbocycles. The minimum atomic E-state index is -0.491. The van der Waals surface area contributed by atoms with E-state index in [2.05, 4.69) is 15.7 Å². The zero-order valence-electron chi connectivity index (χ0n) is 17.3. The van der Waals surface area contributed by atoms with Gasteiger partial charge in [-0.15, -0.1) is 12.4 Å². The molecule has 0 fully saturated rings. The fourth-order valence-electron chi connectivity index (χ4n) is 2.54. The Labute approximate surface area is 176 Å². The van der Waals surface area contributed by atoms with Gasteiger partial charge in [0.15, 0.2) is 18.1 Å². The van der Waals surface area contributed by atoms with Crippen LogP contribution in [0.2, 0.25) is 0 Å². The molecule has 9 nitrogen and oxygen atoms in total. The fourth-order valence-corrected chi connectivity index (χ4v) is 2.54. The molecule has 0 aliphatic carbocycles. The van der Waals surface area contributed by atoms with Crippen LogP contribution in [0.4, 0.5) is 0 Å². The van der Waals surface area contributed by atoms with Gasteiger partial charge in [-0.2, -0.15) is 5.10 Å². The molecule has 2 amide bonds. The number of nitrogens with zero attached hydrogens (tertiary/aromatic N) is 3. The number of amides is 2. The van der Waals surface area contributed by atoms with Gasteiger partial charge >= 0.3 is 0 Å². The van der Waals surface area contributed by atoms with Crippen molar-refractivity contribution >= 4 is 24.2 Å². The maximum atomic E-state index is 12.5. The second-order valence-corrected chi connectivity index (χ2v) is 6.45. The second-order valence-electron chi connectivity index (χ2n) is 6.45. The third kappa shape index (κ3) is 6.65. The van der Waals surface area contributed by atoms with Gasteiger partial charge in [0.2, 0.25) is 5.91 Å². The molecule has 1 aromatic heterocycles. The van der Waals surface area contributed by atoms with Crippen molar-refractivity contribution in [3.8, 4) is 11.5 Å². The lowest BCUT2D eigenvalue weighted by atomic mass is 10.1. The fraction of sp³-hybridized carbons (Fsp3) is 0.421. The Kier molecular flexibility index (Phi) is 9.43. The van der Waals surface area contributed by atoms with Crippen molar-refractivity contribution < 1.29 is 19.1 Å². The molecule has 160 valence electrons. The highest BCUT2D eigenvalue weighted by atomic mass is 35.5. The lowest BCUT2D eigenvalue weighted by Gasteiger charge is -2.16. The van der Waals surface area contributed by atoms with Crippen molar-refractivity contribution in [2.75, 3.05) is 34.9 Å².